The summed E-state index contributed by atoms with van der Waals surface area (Å²) in [5.74, 6) is 1.44. The maximum atomic E-state index is 13.1. The van der Waals surface area contributed by atoms with Crippen LogP contribution in [-0.4, -0.2) is 6.61 Å². The molecule has 2 aromatic carbocycles. The summed E-state index contributed by atoms with van der Waals surface area (Å²) in [7, 11) is 0. The number of rotatable bonds is 6. The zero-order valence-electron chi connectivity index (χ0n) is 11.2. The van der Waals surface area contributed by atoms with E-state index in [0.29, 0.717) is 24.0 Å². The molecular formula is C16H16ClFO2. The second kappa shape index (κ2) is 7.15. The van der Waals surface area contributed by atoms with Crippen molar-refractivity contribution in [2.24, 2.45) is 0 Å². The third-order valence-corrected chi connectivity index (χ3v) is 3.05. The number of alkyl halides is 1. The highest BCUT2D eigenvalue weighted by Crippen LogP contribution is 2.29. The summed E-state index contributed by atoms with van der Waals surface area (Å²) >= 11 is 5.80. The third-order valence-electron chi connectivity index (χ3n) is 2.75. The van der Waals surface area contributed by atoms with Gasteiger partial charge in [-0.3, -0.25) is 0 Å². The summed E-state index contributed by atoms with van der Waals surface area (Å²) in [5, 5.41) is 0. The van der Waals surface area contributed by atoms with Gasteiger partial charge in [0.2, 0.25) is 0 Å². The van der Waals surface area contributed by atoms with Crippen LogP contribution in [0, 0.1) is 5.82 Å². The average Bonchev–Trinajstić information content (AvgIpc) is 2.46. The van der Waals surface area contributed by atoms with E-state index in [4.69, 9.17) is 21.1 Å². The van der Waals surface area contributed by atoms with E-state index < -0.39 is 0 Å². The molecular weight excluding hydrogens is 279 g/mol. The van der Waals surface area contributed by atoms with Crippen LogP contribution in [0.4, 0.5) is 4.39 Å². The van der Waals surface area contributed by atoms with Crippen molar-refractivity contribution in [2.75, 3.05) is 6.61 Å². The molecule has 0 amide bonds. The van der Waals surface area contributed by atoms with Gasteiger partial charge < -0.3 is 9.47 Å². The first kappa shape index (κ1) is 14.7. The first-order chi connectivity index (χ1) is 9.72. The van der Waals surface area contributed by atoms with Crippen molar-refractivity contribution in [1.82, 2.24) is 0 Å². The van der Waals surface area contributed by atoms with Gasteiger partial charge in [-0.05, 0) is 42.3 Å². The summed E-state index contributed by atoms with van der Waals surface area (Å²) in [5.41, 5.74) is 1.74. The third kappa shape index (κ3) is 3.87. The van der Waals surface area contributed by atoms with Gasteiger partial charge in [0.05, 0.1) is 6.61 Å². The number of halogens is 2. The van der Waals surface area contributed by atoms with Crippen LogP contribution in [0.25, 0.3) is 0 Å². The molecule has 0 saturated carbocycles. The number of ether oxygens (including phenoxy) is 2. The van der Waals surface area contributed by atoms with Gasteiger partial charge in [0.25, 0.3) is 0 Å². The highest BCUT2D eigenvalue weighted by molar-refractivity contribution is 6.17. The highest BCUT2D eigenvalue weighted by atomic mass is 35.5. The maximum Gasteiger partial charge on any atom is 0.161 e. The second-order valence-corrected chi connectivity index (χ2v) is 4.53. The lowest BCUT2D eigenvalue weighted by atomic mass is 10.2. The number of hydrogen-bond acceptors (Lipinski definition) is 2. The Hall–Kier alpha value is -1.74. The SMILES string of the molecule is CCOc1cc(CCl)ccc1OCc1cccc(F)c1. The Kier molecular flexibility index (Phi) is 5.24. The average molecular weight is 295 g/mol. The topological polar surface area (TPSA) is 18.5 Å². The standard InChI is InChI=1S/C16H16ClFO2/c1-2-19-16-9-12(10-17)6-7-15(16)20-11-13-4-3-5-14(18)8-13/h3-9H,2,10-11H2,1H3. The van der Waals surface area contributed by atoms with Gasteiger partial charge in [-0.2, -0.15) is 0 Å². The molecule has 0 heterocycles. The Labute approximate surface area is 123 Å². The van der Waals surface area contributed by atoms with E-state index in [-0.39, 0.29) is 12.4 Å². The summed E-state index contributed by atoms with van der Waals surface area (Å²) in [4.78, 5) is 0. The van der Waals surface area contributed by atoms with E-state index in [1.165, 1.54) is 12.1 Å². The van der Waals surface area contributed by atoms with Crippen LogP contribution >= 0.6 is 11.6 Å². The molecule has 2 nitrogen and oxygen atoms in total. The van der Waals surface area contributed by atoms with Crippen LogP contribution in [0.15, 0.2) is 42.5 Å². The first-order valence-electron chi connectivity index (χ1n) is 6.42. The smallest absolute Gasteiger partial charge is 0.161 e. The van der Waals surface area contributed by atoms with Crippen LogP contribution < -0.4 is 9.47 Å². The molecule has 0 N–H and O–H groups in total. The van der Waals surface area contributed by atoms with E-state index in [9.17, 15) is 4.39 Å². The van der Waals surface area contributed by atoms with Gasteiger partial charge in [-0.25, -0.2) is 4.39 Å². The fourth-order valence-corrected chi connectivity index (χ4v) is 1.98. The van der Waals surface area contributed by atoms with Crippen LogP contribution in [0.2, 0.25) is 0 Å². The van der Waals surface area contributed by atoms with E-state index in [1.54, 1.807) is 6.07 Å². The van der Waals surface area contributed by atoms with Crippen LogP contribution in [0.5, 0.6) is 11.5 Å². The van der Waals surface area contributed by atoms with Gasteiger partial charge >= 0.3 is 0 Å². The molecule has 0 aliphatic heterocycles. The molecule has 0 aromatic heterocycles. The van der Waals surface area contributed by atoms with Crippen molar-refractivity contribution in [1.29, 1.82) is 0 Å². The van der Waals surface area contributed by atoms with Crippen LogP contribution in [-0.2, 0) is 12.5 Å². The molecule has 0 saturated heterocycles. The molecule has 0 aliphatic rings. The Bertz CT molecular complexity index is 572. The second-order valence-electron chi connectivity index (χ2n) is 4.27. The number of hydrogen-bond donors (Lipinski definition) is 0. The van der Waals surface area contributed by atoms with Crippen molar-refractivity contribution >= 4 is 11.6 Å². The lowest BCUT2D eigenvalue weighted by molar-refractivity contribution is 0.269. The molecule has 2 aromatic rings. The summed E-state index contributed by atoms with van der Waals surface area (Å²) in [6.45, 7) is 2.74. The lowest BCUT2D eigenvalue weighted by Crippen LogP contribution is -2.00. The molecule has 4 heteroatoms. The predicted octanol–water partition coefficient (Wildman–Crippen LogP) is 4.54. The predicted molar refractivity (Wildman–Crippen MR) is 77.9 cm³/mol. The van der Waals surface area contributed by atoms with Gasteiger partial charge in [0, 0.05) is 5.88 Å². The van der Waals surface area contributed by atoms with Crippen LogP contribution in [0.3, 0.4) is 0 Å². The fourth-order valence-electron chi connectivity index (χ4n) is 1.81. The summed E-state index contributed by atoms with van der Waals surface area (Å²) < 4.78 is 24.3. The van der Waals surface area contributed by atoms with Crippen LogP contribution in [0.1, 0.15) is 18.1 Å². The van der Waals surface area contributed by atoms with E-state index in [1.807, 2.05) is 31.2 Å². The molecule has 20 heavy (non-hydrogen) atoms. The minimum Gasteiger partial charge on any atom is -0.490 e. The molecule has 0 aliphatic carbocycles. The monoisotopic (exact) mass is 294 g/mol. The van der Waals surface area contributed by atoms with Gasteiger partial charge in [-0.15, -0.1) is 11.6 Å². The van der Waals surface area contributed by atoms with E-state index >= 15 is 0 Å². The fraction of sp³-hybridized carbons (Fsp3) is 0.250. The van der Waals surface area contributed by atoms with Crippen molar-refractivity contribution in [3.63, 3.8) is 0 Å². The Morgan fingerprint density at radius 2 is 1.85 bits per heavy atom. The lowest BCUT2D eigenvalue weighted by Gasteiger charge is -2.13. The molecule has 0 bridgehead atoms. The normalized spacial score (nSPS) is 10.3. The zero-order valence-corrected chi connectivity index (χ0v) is 12.0. The molecule has 0 unspecified atom stereocenters. The van der Waals surface area contributed by atoms with Crippen molar-refractivity contribution < 1.29 is 13.9 Å². The quantitative estimate of drug-likeness (QED) is 0.728. The summed E-state index contributed by atoms with van der Waals surface area (Å²) in [6.07, 6.45) is 0. The highest BCUT2D eigenvalue weighted by Gasteiger charge is 2.07. The van der Waals surface area contributed by atoms with Gasteiger partial charge in [0.1, 0.15) is 12.4 Å². The summed E-state index contributed by atoms with van der Waals surface area (Å²) in [6, 6.07) is 11.9. The largest absolute Gasteiger partial charge is 0.490 e. The van der Waals surface area contributed by atoms with Gasteiger partial charge in [0.15, 0.2) is 11.5 Å². The van der Waals surface area contributed by atoms with E-state index in [0.717, 1.165) is 11.1 Å². The molecule has 0 spiro atoms. The number of benzene rings is 2. The van der Waals surface area contributed by atoms with Crippen molar-refractivity contribution in [3.8, 4) is 11.5 Å². The van der Waals surface area contributed by atoms with Crippen molar-refractivity contribution in [2.45, 2.75) is 19.4 Å². The maximum absolute atomic E-state index is 13.1. The molecule has 0 radical (unpaired) electrons. The molecule has 2 rings (SSSR count). The zero-order chi connectivity index (χ0) is 14.4. The molecule has 0 fully saturated rings. The van der Waals surface area contributed by atoms with E-state index in [2.05, 4.69) is 0 Å². The minimum atomic E-state index is -0.270. The van der Waals surface area contributed by atoms with Crippen molar-refractivity contribution in [3.05, 3.63) is 59.4 Å². The molecule has 0 atom stereocenters. The Morgan fingerprint density at radius 3 is 2.55 bits per heavy atom. The Morgan fingerprint density at radius 1 is 1.00 bits per heavy atom. The minimum absolute atomic E-state index is 0.270. The first-order valence-corrected chi connectivity index (χ1v) is 6.95. The molecule has 106 valence electrons. The Balaban J connectivity index is 2.12. The van der Waals surface area contributed by atoms with Gasteiger partial charge in [-0.1, -0.05) is 18.2 Å².